The maximum Gasteiger partial charge on any atom is 0.367 e. The number of carbonyl (C=O) groups excluding carboxylic acids is 1. The summed E-state index contributed by atoms with van der Waals surface area (Å²) in [7, 11) is 1.91. The predicted molar refractivity (Wildman–Crippen MR) is 66.1 cm³/mol. The van der Waals surface area contributed by atoms with Crippen molar-refractivity contribution in [3.63, 3.8) is 0 Å². The number of hydrogen-bond acceptors (Lipinski definition) is 6. The second-order valence-electron chi connectivity index (χ2n) is 3.81. The maximum absolute atomic E-state index is 11.4. The molecule has 6 heteroatoms. The van der Waals surface area contributed by atoms with Gasteiger partial charge in [0.05, 0.1) is 18.9 Å². The number of aromatic nitrogens is 1. The van der Waals surface area contributed by atoms with Gasteiger partial charge in [-0.05, 0) is 20.9 Å². The highest BCUT2D eigenvalue weighted by atomic mass is 32.1. The Morgan fingerprint density at radius 1 is 1.71 bits per heavy atom. The number of likely N-dealkylation sites (N-methyl/N-ethyl adjacent to an activating group) is 1. The number of carbonyl (C=O) groups is 1. The highest BCUT2D eigenvalue weighted by Gasteiger charge is 2.14. The quantitative estimate of drug-likeness (QED) is 0.775. The monoisotopic (exact) mass is 258 g/mol. The largest absolute Gasteiger partial charge is 0.461 e. The predicted octanol–water partition coefficient (Wildman–Crippen LogP) is 1.13. The van der Waals surface area contributed by atoms with E-state index >= 15 is 0 Å². The second-order valence-corrected chi connectivity index (χ2v) is 4.67. The van der Waals surface area contributed by atoms with E-state index in [1.165, 1.54) is 11.3 Å². The topological polar surface area (TPSA) is 62.7 Å². The Morgan fingerprint density at radius 3 is 3.00 bits per heavy atom. The average molecular weight is 258 g/mol. The number of hydrogen-bond donors (Lipinski definition) is 1. The molecule has 1 aromatic heterocycles. The molecule has 0 aromatic carbocycles. The molecule has 0 bridgehead atoms. The normalized spacial score (nSPS) is 12.8. The molecule has 5 nitrogen and oxygen atoms in total. The summed E-state index contributed by atoms with van der Waals surface area (Å²) in [6.07, 6.45) is 0. The zero-order chi connectivity index (χ0) is 12.8. The lowest BCUT2D eigenvalue weighted by Gasteiger charge is -2.21. The molecule has 0 aliphatic rings. The van der Waals surface area contributed by atoms with Crippen molar-refractivity contribution in [2.45, 2.75) is 26.4 Å². The first-order valence-electron chi connectivity index (χ1n) is 5.51. The molecule has 0 radical (unpaired) electrons. The Hall–Kier alpha value is -0.980. The zero-order valence-electron chi connectivity index (χ0n) is 10.3. The molecule has 0 aliphatic carbocycles. The lowest BCUT2D eigenvalue weighted by atomic mass is 10.3. The van der Waals surface area contributed by atoms with Crippen LogP contribution in [-0.2, 0) is 11.3 Å². The fraction of sp³-hybridized carbons (Fsp3) is 0.636. The van der Waals surface area contributed by atoms with Crippen molar-refractivity contribution in [2.24, 2.45) is 0 Å². The van der Waals surface area contributed by atoms with Crippen LogP contribution < -0.4 is 0 Å². The fourth-order valence-corrected chi connectivity index (χ4v) is 1.92. The van der Waals surface area contributed by atoms with Gasteiger partial charge in [0.15, 0.2) is 0 Å². The van der Waals surface area contributed by atoms with E-state index in [2.05, 4.69) is 4.98 Å². The molecule has 0 amide bonds. The standard InChI is InChI=1S/C11H18N2O3S/c1-4-16-11(15)10-12-9(7-17-10)5-13(3)8(2)6-14/h7-8,14H,4-6H2,1-3H3. The van der Waals surface area contributed by atoms with Crippen LogP contribution in [0.15, 0.2) is 5.38 Å². The molecule has 0 saturated heterocycles. The minimum atomic E-state index is -0.374. The Morgan fingerprint density at radius 2 is 2.41 bits per heavy atom. The molecule has 1 heterocycles. The van der Waals surface area contributed by atoms with Crippen molar-refractivity contribution in [2.75, 3.05) is 20.3 Å². The van der Waals surface area contributed by atoms with Gasteiger partial charge >= 0.3 is 5.97 Å². The number of ether oxygens (including phenoxy) is 1. The van der Waals surface area contributed by atoms with Gasteiger partial charge in [0.2, 0.25) is 5.01 Å². The van der Waals surface area contributed by atoms with Crippen molar-refractivity contribution >= 4 is 17.3 Å². The first-order chi connectivity index (χ1) is 8.08. The number of aliphatic hydroxyl groups excluding tert-OH is 1. The Bertz CT molecular complexity index is 367. The van der Waals surface area contributed by atoms with Crippen LogP contribution in [0.2, 0.25) is 0 Å². The summed E-state index contributed by atoms with van der Waals surface area (Å²) in [6, 6.07) is 0.0720. The molecular weight excluding hydrogens is 240 g/mol. The van der Waals surface area contributed by atoms with Gasteiger partial charge in [-0.25, -0.2) is 9.78 Å². The highest BCUT2D eigenvalue weighted by molar-refractivity contribution is 7.11. The van der Waals surface area contributed by atoms with E-state index in [1.54, 1.807) is 6.92 Å². The molecule has 1 N–H and O–H groups in total. The van der Waals surface area contributed by atoms with E-state index in [0.717, 1.165) is 5.69 Å². The van der Waals surface area contributed by atoms with Crippen LogP contribution in [0, 0.1) is 0 Å². The van der Waals surface area contributed by atoms with Crippen LogP contribution in [0.1, 0.15) is 29.3 Å². The molecule has 0 spiro atoms. The van der Waals surface area contributed by atoms with Crippen LogP contribution in [-0.4, -0.2) is 47.3 Å². The summed E-state index contributed by atoms with van der Waals surface area (Å²) in [5.41, 5.74) is 0.820. The van der Waals surface area contributed by atoms with Gasteiger partial charge in [-0.2, -0.15) is 0 Å². The third-order valence-electron chi connectivity index (χ3n) is 2.43. The van der Waals surface area contributed by atoms with Crippen LogP contribution >= 0.6 is 11.3 Å². The van der Waals surface area contributed by atoms with Gasteiger partial charge in [-0.15, -0.1) is 11.3 Å². The molecule has 1 atom stereocenters. The minimum Gasteiger partial charge on any atom is -0.461 e. The first-order valence-corrected chi connectivity index (χ1v) is 6.39. The number of nitrogens with zero attached hydrogens (tertiary/aromatic N) is 2. The summed E-state index contributed by atoms with van der Waals surface area (Å²) in [5.74, 6) is -0.374. The van der Waals surface area contributed by atoms with E-state index < -0.39 is 0 Å². The van der Waals surface area contributed by atoms with Crippen molar-refractivity contribution in [3.05, 3.63) is 16.1 Å². The minimum absolute atomic E-state index is 0.0720. The van der Waals surface area contributed by atoms with E-state index in [1.807, 2.05) is 24.3 Å². The molecule has 0 fully saturated rings. The first kappa shape index (κ1) is 14.1. The summed E-state index contributed by atoms with van der Waals surface area (Å²) < 4.78 is 4.87. The van der Waals surface area contributed by atoms with Gasteiger partial charge in [-0.3, -0.25) is 4.90 Å². The molecule has 1 rings (SSSR count). The van der Waals surface area contributed by atoms with Gasteiger partial charge in [0.1, 0.15) is 0 Å². The van der Waals surface area contributed by atoms with Crippen molar-refractivity contribution in [3.8, 4) is 0 Å². The average Bonchev–Trinajstić information content (AvgIpc) is 2.76. The van der Waals surface area contributed by atoms with Gasteiger partial charge in [0.25, 0.3) is 0 Å². The Balaban J connectivity index is 2.59. The molecule has 0 saturated carbocycles. The summed E-state index contributed by atoms with van der Waals surface area (Å²) >= 11 is 1.28. The lowest BCUT2D eigenvalue weighted by molar-refractivity contribution is 0.0525. The van der Waals surface area contributed by atoms with Crippen LogP contribution in [0.3, 0.4) is 0 Å². The Kier molecular flexibility index (Phi) is 5.54. The van der Waals surface area contributed by atoms with Crippen LogP contribution in [0.4, 0.5) is 0 Å². The van der Waals surface area contributed by atoms with Gasteiger partial charge in [0, 0.05) is 18.0 Å². The third kappa shape index (κ3) is 4.07. The number of aliphatic hydroxyl groups is 1. The van der Waals surface area contributed by atoms with E-state index in [-0.39, 0.29) is 18.6 Å². The molecule has 0 aliphatic heterocycles. The summed E-state index contributed by atoms with van der Waals surface area (Å²) in [4.78, 5) is 17.6. The maximum atomic E-state index is 11.4. The van der Waals surface area contributed by atoms with Gasteiger partial charge in [-0.1, -0.05) is 0 Å². The number of rotatable bonds is 6. The molecular formula is C11H18N2O3S. The molecule has 96 valence electrons. The van der Waals surface area contributed by atoms with Crippen molar-refractivity contribution in [1.29, 1.82) is 0 Å². The fourth-order valence-electron chi connectivity index (χ4n) is 1.22. The SMILES string of the molecule is CCOC(=O)c1nc(CN(C)C(C)CO)cs1. The van der Waals surface area contributed by atoms with E-state index in [4.69, 9.17) is 9.84 Å². The summed E-state index contributed by atoms with van der Waals surface area (Å²) in [5, 5.41) is 11.2. The smallest absolute Gasteiger partial charge is 0.367 e. The van der Waals surface area contributed by atoms with Crippen LogP contribution in [0.5, 0.6) is 0 Å². The van der Waals surface area contributed by atoms with Crippen molar-refractivity contribution < 1.29 is 14.6 Å². The van der Waals surface area contributed by atoms with Crippen LogP contribution in [0.25, 0.3) is 0 Å². The highest BCUT2D eigenvalue weighted by Crippen LogP contribution is 2.13. The van der Waals surface area contributed by atoms with E-state index in [9.17, 15) is 4.79 Å². The number of esters is 1. The Labute approximate surface area is 105 Å². The number of thiazole rings is 1. The molecule has 1 aromatic rings. The zero-order valence-corrected chi connectivity index (χ0v) is 11.2. The van der Waals surface area contributed by atoms with Gasteiger partial charge < -0.3 is 9.84 Å². The molecule has 1 unspecified atom stereocenters. The lowest BCUT2D eigenvalue weighted by Crippen LogP contribution is -2.31. The summed E-state index contributed by atoms with van der Waals surface area (Å²) in [6.45, 7) is 4.76. The third-order valence-corrected chi connectivity index (χ3v) is 3.30. The second kappa shape index (κ2) is 6.68. The van der Waals surface area contributed by atoms with E-state index in [0.29, 0.717) is 18.2 Å². The van der Waals surface area contributed by atoms with Crippen molar-refractivity contribution in [1.82, 2.24) is 9.88 Å². The molecule has 17 heavy (non-hydrogen) atoms.